The van der Waals surface area contributed by atoms with Crippen LogP contribution in [-0.4, -0.2) is 47.9 Å². The standard InChI is InChI=1S/C25H27FN6OS/c26-21-7-5-18(6-8-21)16-27-25(34)30-24-28-22(31-11-13-33-14-12-31)15-23(29-24)32-10-9-19-3-1-2-4-20(19)17-32/h1-8,15H,9-14,16-17H2,(H2,27,28,29,30,34). The van der Waals surface area contributed by atoms with E-state index in [1.807, 2.05) is 0 Å². The number of thiocarbonyl (C=S) groups is 1. The van der Waals surface area contributed by atoms with E-state index < -0.39 is 0 Å². The summed E-state index contributed by atoms with van der Waals surface area (Å²) in [5.74, 6) is 1.92. The van der Waals surface area contributed by atoms with Crippen LogP contribution in [0, 0.1) is 5.82 Å². The predicted octanol–water partition coefficient (Wildman–Crippen LogP) is 3.50. The summed E-state index contributed by atoms with van der Waals surface area (Å²) in [5.41, 5.74) is 3.65. The Bertz CT molecular complexity index is 1150. The molecule has 3 heterocycles. The van der Waals surface area contributed by atoms with Crippen molar-refractivity contribution in [3.63, 3.8) is 0 Å². The van der Waals surface area contributed by atoms with Crippen molar-refractivity contribution in [2.24, 2.45) is 0 Å². The summed E-state index contributed by atoms with van der Waals surface area (Å²) in [7, 11) is 0. The number of halogens is 1. The van der Waals surface area contributed by atoms with Crippen LogP contribution in [0.3, 0.4) is 0 Å². The summed E-state index contributed by atoms with van der Waals surface area (Å²) in [6.45, 7) is 5.10. The van der Waals surface area contributed by atoms with Crippen molar-refractivity contribution in [3.05, 3.63) is 77.1 Å². The average molecular weight is 479 g/mol. The van der Waals surface area contributed by atoms with E-state index >= 15 is 0 Å². The molecule has 9 heteroatoms. The van der Waals surface area contributed by atoms with E-state index in [2.05, 4.69) is 50.8 Å². The van der Waals surface area contributed by atoms with Crippen LogP contribution in [0.4, 0.5) is 22.0 Å². The predicted molar refractivity (Wildman–Crippen MR) is 136 cm³/mol. The molecule has 2 aliphatic rings. The molecular weight excluding hydrogens is 451 g/mol. The summed E-state index contributed by atoms with van der Waals surface area (Å²) in [4.78, 5) is 14.0. The molecular formula is C25H27FN6OS. The van der Waals surface area contributed by atoms with Crippen molar-refractivity contribution in [3.8, 4) is 0 Å². The Morgan fingerprint density at radius 3 is 2.41 bits per heavy atom. The molecule has 1 saturated heterocycles. The summed E-state index contributed by atoms with van der Waals surface area (Å²) in [5, 5.41) is 6.70. The summed E-state index contributed by atoms with van der Waals surface area (Å²) >= 11 is 5.49. The van der Waals surface area contributed by atoms with Crippen LogP contribution >= 0.6 is 12.2 Å². The summed E-state index contributed by atoms with van der Waals surface area (Å²) < 4.78 is 18.7. The van der Waals surface area contributed by atoms with Crippen LogP contribution in [-0.2, 0) is 24.2 Å². The Hall–Kier alpha value is -3.30. The Labute approximate surface area is 204 Å². The molecule has 1 aromatic heterocycles. The molecule has 1 fully saturated rings. The number of hydrogen-bond acceptors (Lipinski definition) is 6. The number of nitrogens with zero attached hydrogens (tertiary/aromatic N) is 4. The third-order valence-corrected chi connectivity index (χ3v) is 6.33. The largest absolute Gasteiger partial charge is 0.378 e. The molecule has 176 valence electrons. The maximum absolute atomic E-state index is 13.1. The zero-order chi connectivity index (χ0) is 23.3. The number of anilines is 3. The number of benzene rings is 2. The third kappa shape index (κ3) is 5.43. The van der Waals surface area contributed by atoms with Gasteiger partial charge in [0.25, 0.3) is 0 Å². The lowest BCUT2D eigenvalue weighted by atomic mass is 10.00. The first-order chi connectivity index (χ1) is 16.6. The Morgan fingerprint density at radius 1 is 0.941 bits per heavy atom. The molecule has 0 bridgehead atoms. The molecule has 0 atom stereocenters. The number of aromatic nitrogens is 2. The lowest BCUT2D eigenvalue weighted by Gasteiger charge is -2.32. The molecule has 0 spiro atoms. The maximum atomic E-state index is 13.1. The molecule has 2 aromatic carbocycles. The second-order valence-corrected chi connectivity index (χ2v) is 8.79. The highest BCUT2D eigenvalue weighted by molar-refractivity contribution is 7.80. The van der Waals surface area contributed by atoms with Gasteiger partial charge in [0.2, 0.25) is 5.95 Å². The van der Waals surface area contributed by atoms with Gasteiger partial charge in [0, 0.05) is 38.8 Å². The Kier molecular flexibility index (Phi) is 6.82. The number of nitrogens with one attached hydrogen (secondary N) is 2. The average Bonchev–Trinajstić information content (AvgIpc) is 2.88. The van der Waals surface area contributed by atoms with Crippen molar-refractivity contribution in [1.29, 1.82) is 0 Å². The van der Waals surface area contributed by atoms with Crippen LogP contribution < -0.4 is 20.4 Å². The van der Waals surface area contributed by atoms with E-state index in [1.165, 1.54) is 23.3 Å². The second-order valence-electron chi connectivity index (χ2n) is 8.38. The molecule has 0 radical (unpaired) electrons. The van der Waals surface area contributed by atoms with Gasteiger partial charge in [-0.3, -0.25) is 0 Å². The van der Waals surface area contributed by atoms with Crippen molar-refractivity contribution in [2.45, 2.75) is 19.5 Å². The first-order valence-electron chi connectivity index (χ1n) is 11.5. The Morgan fingerprint density at radius 2 is 1.65 bits per heavy atom. The molecule has 34 heavy (non-hydrogen) atoms. The first kappa shape index (κ1) is 22.5. The number of fused-ring (bicyclic) bond motifs is 1. The summed E-state index contributed by atoms with van der Waals surface area (Å²) in [6, 6.07) is 16.9. The molecule has 3 aromatic rings. The third-order valence-electron chi connectivity index (χ3n) is 6.08. The smallest absolute Gasteiger partial charge is 0.232 e. The SMILES string of the molecule is Fc1ccc(CNC(=S)Nc2nc(N3CCOCC3)cc(N3CCc4ccccc4C3)n2)cc1. The van der Waals surface area contributed by atoms with Crippen LogP contribution in [0.15, 0.2) is 54.6 Å². The van der Waals surface area contributed by atoms with Crippen LogP contribution in [0.25, 0.3) is 0 Å². The van der Waals surface area contributed by atoms with E-state index in [4.69, 9.17) is 26.9 Å². The van der Waals surface area contributed by atoms with Crippen LogP contribution in [0.5, 0.6) is 0 Å². The van der Waals surface area contributed by atoms with Gasteiger partial charge in [-0.15, -0.1) is 0 Å². The fourth-order valence-electron chi connectivity index (χ4n) is 4.22. The number of ether oxygens (including phenoxy) is 1. The van der Waals surface area contributed by atoms with Gasteiger partial charge in [-0.25, -0.2) is 4.39 Å². The molecule has 5 rings (SSSR count). The van der Waals surface area contributed by atoms with E-state index in [0.29, 0.717) is 30.8 Å². The lowest BCUT2D eigenvalue weighted by molar-refractivity contribution is 0.122. The van der Waals surface area contributed by atoms with Gasteiger partial charge < -0.3 is 25.2 Å². The number of hydrogen-bond donors (Lipinski definition) is 2. The lowest BCUT2D eigenvalue weighted by Crippen LogP contribution is -2.38. The zero-order valence-electron chi connectivity index (χ0n) is 18.8. The van der Waals surface area contributed by atoms with Crippen molar-refractivity contribution < 1.29 is 9.13 Å². The van der Waals surface area contributed by atoms with Gasteiger partial charge in [-0.1, -0.05) is 36.4 Å². The minimum Gasteiger partial charge on any atom is -0.378 e. The van der Waals surface area contributed by atoms with Gasteiger partial charge in [0.1, 0.15) is 17.5 Å². The van der Waals surface area contributed by atoms with E-state index in [-0.39, 0.29) is 5.82 Å². The molecule has 0 saturated carbocycles. The zero-order valence-corrected chi connectivity index (χ0v) is 19.7. The quantitative estimate of drug-likeness (QED) is 0.541. The molecule has 2 N–H and O–H groups in total. The van der Waals surface area contributed by atoms with Gasteiger partial charge in [-0.2, -0.15) is 9.97 Å². The molecule has 0 unspecified atom stereocenters. The van der Waals surface area contributed by atoms with Gasteiger partial charge in [0.15, 0.2) is 5.11 Å². The Balaban J connectivity index is 1.34. The number of rotatable bonds is 5. The van der Waals surface area contributed by atoms with Gasteiger partial charge in [0.05, 0.1) is 13.2 Å². The van der Waals surface area contributed by atoms with Crippen LogP contribution in [0.2, 0.25) is 0 Å². The number of morpholine rings is 1. The monoisotopic (exact) mass is 478 g/mol. The second kappa shape index (κ2) is 10.3. The van der Waals surface area contributed by atoms with Crippen molar-refractivity contribution in [1.82, 2.24) is 15.3 Å². The van der Waals surface area contributed by atoms with Gasteiger partial charge >= 0.3 is 0 Å². The highest BCUT2D eigenvalue weighted by Crippen LogP contribution is 2.27. The van der Waals surface area contributed by atoms with Crippen molar-refractivity contribution in [2.75, 3.05) is 48.0 Å². The molecule has 2 aliphatic heterocycles. The van der Waals surface area contributed by atoms with Crippen molar-refractivity contribution >= 4 is 34.9 Å². The van der Waals surface area contributed by atoms with E-state index in [1.54, 1.807) is 12.1 Å². The fraction of sp³-hybridized carbons (Fsp3) is 0.320. The van der Waals surface area contributed by atoms with E-state index in [9.17, 15) is 4.39 Å². The van der Waals surface area contributed by atoms with E-state index in [0.717, 1.165) is 49.8 Å². The molecule has 0 aliphatic carbocycles. The minimum absolute atomic E-state index is 0.259. The highest BCUT2D eigenvalue weighted by atomic mass is 32.1. The normalized spacial score (nSPS) is 15.6. The van der Waals surface area contributed by atoms with Crippen LogP contribution in [0.1, 0.15) is 16.7 Å². The minimum atomic E-state index is -0.259. The van der Waals surface area contributed by atoms with Gasteiger partial charge in [-0.05, 0) is 47.5 Å². The molecule has 7 nitrogen and oxygen atoms in total. The first-order valence-corrected chi connectivity index (χ1v) is 11.9. The highest BCUT2D eigenvalue weighted by Gasteiger charge is 2.21. The topological polar surface area (TPSA) is 65.6 Å². The summed E-state index contributed by atoms with van der Waals surface area (Å²) in [6.07, 6.45) is 0.980. The maximum Gasteiger partial charge on any atom is 0.232 e. The molecule has 0 amide bonds. The fourth-order valence-corrected chi connectivity index (χ4v) is 4.38.